The van der Waals surface area contributed by atoms with Gasteiger partial charge in [0.05, 0.1) is 18.1 Å². The molecule has 3 fully saturated rings. The number of hydrogen-bond donors (Lipinski definition) is 2. The predicted molar refractivity (Wildman–Crippen MR) is 111 cm³/mol. The van der Waals surface area contributed by atoms with Gasteiger partial charge in [0.1, 0.15) is 0 Å². The Bertz CT molecular complexity index is 549. The lowest BCUT2D eigenvalue weighted by Crippen LogP contribution is -2.44. The molecule has 0 aromatic heterocycles. The Balaban J connectivity index is 0.00000225. The zero-order chi connectivity index (χ0) is 17.0. The molecule has 0 aromatic carbocycles. The van der Waals surface area contributed by atoms with Gasteiger partial charge >= 0.3 is 0 Å². The number of hydrogen-bond acceptors (Lipinski definition) is 4. The molecule has 3 rings (SSSR count). The summed E-state index contributed by atoms with van der Waals surface area (Å²) in [5.41, 5.74) is 0. The van der Waals surface area contributed by atoms with Gasteiger partial charge in [-0.1, -0.05) is 6.92 Å². The minimum Gasteiger partial charge on any atom is -0.381 e. The van der Waals surface area contributed by atoms with E-state index in [4.69, 9.17) is 9.73 Å². The van der Waals surface area contributed by atoms with Crippen molar-refractivity contribution < 1.29 is 13.2 Å². The number of halogens is 1. The predicted octanol–water partition coefficient (Wildman–Crippen LogP) is 1.80. The Kier molecular flexibility index (Phi) is 8.26. The number of rotatable bonds is 5. The van der Waals surface area contributed by atoms with Gasteiger partial charge in [-0.05, 0) is 43.9 Å². The zero-order valence-corrected chi connectivity index (χ0v) is 18.2. The number of nitrogens with one attached hydrogen (secondary N) is 2. The second-order valence-electron chi connectivity index (χ2n) is 7.83. The Morgan fingerprint density at radius 3 is 2.64 bits per heavy atom. The first-order valence-corrected chi connectivity index (χ1v) is 11.2. The molecule has 2 heterocycles. The lowest BCUT2D eigenvalue weighted by molar-refractivity contribution is 0.186. The third kappa shape index (κ3) is 6.86. The molecular formula is C17H32IN3O3S. The molecule has 146 valence electrons. The van der Waals surface area contributed by atoms with E-state index in [0.29, 0.717) is 30.0 Å². The average Bonchev–Trinajstić information content (AvgIpc) is 3.24. The summed E-state index contributed by atoms with van der Waals surface area (Å²) >= 11 is 0. The summed E-state index contributed by atoms with van der Waals surface area (Å²) in [7, 11) is -2.82. The van der Waals surface area contributed by atoms with Gasteiger partial charge in [-0.3, -0.25) is 4.99 Å². The van der Waals surface area contributed by atoms with Crippen LogP contribution in [0.15, 0.2) is 4.99 Å². The van der Waals surface area contributed by atoms with Crippen LogP contribution in [0.5, 0.6) is 0 Å². The van der Waals surface area contributed by atoms with Crippen LogP contribution in [0.1, 0.15) is 39.0 Å². The van der Waals surface area contributed by atoms with Crippen molar-refractivity contribution >= 4 is 39.8 Å². The minimum atomic E-state index is -2.82. The molecule has 0 aromatic rings. The third-order valence-electron chi connectivity index (χ3n) is 5.45. The molecule has 0 bridgehead atoms. The van der Waals surface area contributed by atoms with Gasteiger partial charge in [-0.2, -0.15) is 0 Å². The lowest BCUT2D eigenvalue weighted by atomic mass is 10.1. The molecule has 0 spiro atoms. The van der Waals surface area contributed by atoms with Gasteiger partial charge in [-0.15, -0.1) is 24.0 Å². The molecule has 6 nitrogen and oxygen atoms in total. The SMILES string of the molecule is CC1CCC(NC(=NCC2CCS(=O)(=O)C2)NCC2CCOC2)C1.I. The average molecular weight is 485 g/mol. The fraction of sp³-hybridized carbons (Fsp3) is 0.941. The fourth-order valence-corrected chi connectivity index (χ4v) is 5.76. The second-order valence-corrected chi connectivity index (χ2v) is 10.1. The van der Waals surface area contributed by atoms with Crippen LogP contribution in [0.25, 0.3) is 0 Å². The molecular weight excluding hydrogens is 453 g/mol. The molecule has 3 aliphatic rings. The molecule has 8 heteroatoms. The van der Waals surface area contributed by atoms with Crippen molar-refractivity contribution in [3.05, 3.63) is 0 Å². The van der Waals surface area contributed by atoms with Gasteiger partial charge in [-0.25, -0.2) is 8.42 Å². The summed E-state index contributed by atoms with van der Waals surface area (Å²) in [6, 6.07) is 0.485. The van der Waals surface area contributed by atoms with Crippen LogP contribution >= 0.6 is 24.0 Å². The van der Waals surface area contributed by atoms with E-state index in [1.807, 2.05) is 0 Å². The molecule has 25 heavy (non-hydrogen) atoms. The van der Waals surface area contributed by atoms with Gasteiger partial charge < -0.3 is 15.4 Å². The molecule has 0 radical (unpaired) electrons. The monoisotopic (exact) mass is 485 g/mol. The van der Waals surface area contributed by atoms with Crippen LogP contribution in [-0.2, 0) is 14.6 Å². The number of sulfone groups is 1. The zero-order valence-electron chi connectivity index (χ0n) is 15.1. The maximum Gasteiger partial charge on any atom is 0.191 e. The van der Waals surface area contributed by atoms with Gasteiger partial charge in [0.2, 0.25) is 0 Å². The Labute approximate surface area is 168 Å². The highest BCUT2D eigenvalue weighted by Crippen LogP contribution is 2.24. The molecule has 4 atom stereocenters. The molecule has 4 unspecified atom stereocenters. The molecule has 2 N–H and O–H groups in total. The van der Waals surface area contributed by atoms with Crippen molar-refractivity contribution in [2.45, 2.75) is 45.1 Å². The van der Waals surface area contributed by atoms with Crippen molar-refractivity contribution in [1.29, 1.82) is 0 Å². The van der Waals surface area contributed by atoms with E-state index in [0.717, 1.165) is 44.5 Å². The first-order valence-electron chi connectivity index (χ1n) is 9.33. The number of nitrogens with zero attached hydrogens (tertiary/aromatic N) is 1. The summed E-state index contributed by atoms with van der Waals surface area (Å²) in [6.07, 6.45) is 5.48. The Morgan fingerprint density at radius 1 is 1.20 bits per heavy atom. The largest absolute Gasteiger partial charge is 0.381 e. The second kappa shape index (κ2) is 9.73. The highest BCUT2D eigenvalue weighted by molar-refractivity contribution is 14.0. The third-order valence-corrected chi connectivity index (χ3v) is 7.29. The van der Waals surface area contributed by atoms with E-state index >= 15 is 0 Å². The van der Waals surface area contributed by atoms with Crippen LogP contribution in [0.2, 0.25) is 0 Å². The highest BCUT2D eigenvalue weighted by atomic mass is 127. The summed E-state index contributed by atoms with van der Waals surface area (Å²) in [4.78, 5) is 4.71. The number of ether oxygens (including phenoxy) is 1. The minimum absolute atomic E-state index is 0. The standard InChI is InChI=1S/C17H31N3O3S.HI/c1-13-2-3-16(8-13)20-17(18-9-14-4-6-23-11-14)19-10-15-5-7-24(21,22)12-15;/h13-16H,2-12H2,1H3,(H2,18,19,20);1H. The smallest absolute Gasteiger partial charge is 0.191 e. The van der Waals surface area contributed by atoms with Crippen LogP contribution in [0, 0.1) is 17.8 Å². The first kappa shape index (κ1) is 21.2. The maximum atomic E-state index is 11.6. The number of guanidine groups is 1. The molecule has 2 aliphatic heterocycles. The topological polar surface area (TPSA) is 79.8 Å². The molecule has 0 amide bonds. The highest BCUT2D eigenvalue weighted by Gasteiger charge is 2.28. The van der Waals surface area contributed by atoms with Crippen molar-refractivity contribution in [3.63, 3.8) is 0 Å². The summed E-state index contributed by atoms with van der Waals surface area (Å²) in [5, 5.41) is 7.02. The van der Waals surface area contributed by atoms with Crippen LogP contribution in [0.4, 0.5) is 0 Å². The van der Waals surface area contributed by atoms with E-state index in [9.17, 15) is 8.42 Å². The van der Waals surface area contributed by atoms with Crippen molar-refractivity contribution in [2.24, 2.45) is 22.7 Å². The van der Waals surface area contributed by atoms with Crippen molar-refractivity contribution in [3.8, 4) is 0 Å². The Hall–Kier alpha value is -0.0900. The van der Waals surface area contributed by atoms with Crippen molar-refractivity contribution in [2.75, 3.05) is 37.8 Å². The van der Waals surface area contributed by atoms with Crippen LogP contribution < -0.4 is 10.6 Å². The quantitative estimate of drug-likeness (QED) is 0.353. The number of aliphatic imine (C=N–C) groups is 1. The van der Waals surface area contributed by atoms with Gasteiger partial charge in [0, 0.05) is 31.7 Å². The van der Waals surface area contributed by atoms with Gasteiger partial charge in [0.15, 0.2) is 15.8 Å². The molecule has 1 aliphatic carbocycles. The summed E-state index contributed by atoms with van der Waals surface area (Å²) in [5.74, 6) is 2.96. The lowest BCUT2D eigenvalue weighted by Gasteiger charge is -2.19. The molecule has 2 saturated heterocycles. The van der Waals surface area contributed by atoms with Crippen molar-refractivity contribution in [1.82, 2.24) is 10.6 Å². The Morgan fingerprint density at radius 2 is 2.04 bits per heavy atom. The van der Waals surface area contributed by atoms with Gasteiger partial charge in [0.25, 0.3) is 0 Å². The molecule has 1 saturated carbocycles. The van der Waals surface area contributed by atoms with Crippen LogP contribution in [-0.4, -0.2) is 58.2 Å². The van der Waals surface area contributed by atoms with E-state index in [2.05, 4.69) is 17.6 Å². The van der Waals surface area contributed by atoms with E-state index in [1.165, 1.54) is 19.3 Å². The first-order chi connectivity index (χ1) is 11.5. The summed E-state index contributed by atoms with van der Waals surface area (Å²) < 4.78 is 28.6. The van der Waals surface area contributed by atoms with E-state index in [-0.39, 0.29) is 29.9 Å². The normalized spacial score (nSPS) is 34.7. The fourth-order valence-electron chi connectivity index (χ4n) is 3.91. The van der Waals surface area contributed by atoms with E-state index in [1.54, 1.807) is 0 Å². The van der Waals surface area contributed by atoms with Crippen LogP contribution in [0.3, 0.4) is 0 Å². The maximum absolute atomic E-state index is 11.6. The van der Waals surface area contributed by atoms with E-state index < -0.39 is 9.84 Å². The summed E-state index contributed by atoms with van der Waals surface area (Å²) in [6.45, 7) is 5.44.